The molecule has 170 valence electrons. The van der Waals surface area contributed by atoms with Crippen molar-refractivity contribution in [2.75, 3.05) is 13.1 Å². The van der Waals surface area contributed by atoms with Crippen LogP contribution in [0.2, 0.25) is 0 Å². The predicted octanol–water partition coefficient (Wildman–Crippen LogP) is 1.94. The first-order chi connectivity index (χ1) is 16.4. The lowest BCUT2D eigenvalue weighted by atomic mass is 9.96. The topological polar surface area (TPSA) is 134 Å². The molecule has 0 unspecified atom stereocenters. The highest BCUT2D eigenvalue weighted by Crippen LogP contribution is 2.29. The summed E-state index contributed by atoms with van der Waals surface area (Å²) in [6.07, 6.45) is 0.734. The predicted molar refractivity (Wildman–Crippen MR) is 123 cm³/mol. The number of aromatic amines is 1. The number of rotatable bonds is 3. The third-order valence-corrected chi connectivity index (χ3v) is 6.06. The Hall–Kier alpha value is -4.36. The van der Waals surface area contributed by atoms with Crippen molar-refractivity contribution in [3.63, 3.8) is 0 Å². The van der Waals surface area contributed by atoms with Crippen LogP contribution in [0.3, 0.4) is 0 Å². The van der Waals surface area contributed by atoms with Crippen molar-refractivity contribution < 1.29 is 9.18 Å². The minimum absolute atomic E-state index is 0.0144. The zero-order valence-electron chi connectivity index (χ0n) is 18.3. The Bertz CT molecular complexity index is 1540. The molecule has 0 aliphatic carbocycles. The minimum Gasteiger partial charge on any atom is -0.337 e. The number of halogens is 1. The molecule has 2 aromatic carbocycles. The normalized spacial score (nSPS) is 13.1. The summed E-state index contributed by atoms with van der Waals surface area (Å²) >= 11 is 0. The number of carbonyl (C=O) groups is 1. The number of hydrogen-bond donors (Lipinski definition) is 2. The van der Waals surface area contributed by atoms with E-state index in [0.29, 0.717) is 35.4 Å². The number of amides is 1. The van der Waals surface area contributed by atoms with Crippen molar-refractivity contribution in [1.82, 2.24) is 24.9 Å². The van der Waals surface area contributed by atoms with Gasteiger partial charge in [-0.15, -0.1) is 0 Å². The van der Waals surface area contributed by atoms with Crippen LogP contribution in [-0.4, -0.2) is 43.9 Å². The highest BCUT2D eigenvalue weighted by molar-refractivity contribution is 5.89. The number of nitrogens with two attached hydrogens (primary N) is 1. The summed E-state index contributed by atoms with van der Waals surface area (Å²) in [7, 11) is 0. The average Bonchev–Trinajstić information content (AvgIpc) is 3.24. The molecule has 3 heterocycles. The van der Waals surface area contributed by atoms with E-state index in [1.54, 1.807) is 11.8 Å². The number of aryl methyl sites for hydroxylation is 1. The minimum atomic E-state index is -0.714. The summed E-state index contributed by atoms with van der Waals surface area (Å²) in [4.78, 5) is 26.5. The molecule has 2 aromatic heterocycles. The molecule has 0 radical (unpaired) electrons. The van der Waals surface area contributed by atoms with Gasteiger partial charge in [0.2, 0.25) is 5.91 Å². The first kappa shape index (κ1) is 21.5. The summed E-state index contributed by atoms with van der Waals surface area (Å²) in [5, 5.41) is 20.7. The molecule has 0 saturated heterocycles. The van der Waals surface area contributed by atoms with Gasteiger partial charge >= 0.3 is 0 Å². The van der Waals surface area contributed by atoms with Crippen molar-refractivity contribution in [2.24, 2.45) is 5.73 Å². The molecule has 0 saturated carbocycles. The van der Waals surface area contributed by atoms with E-state index in [2.05, 4.69) is 15.3 Å². The van der Waals surface area contributed by atoms with Crippen molar-refractivity contribution in [3.8, 4) is 23.0 Å². The van der Waals surface area contributed by atoms with Gasteiger partial charge in [0.1, 0.15) is 16.9 Å². The molecular weight excluding hydrogens is 437 g/mol. The third-order valence-electron chi connectivity index (χ3n) is 6.06. The highest BCUT2D eigenvalue weighted by atomic mass is 19.1. The maximum absolute atomic E-state index is 14.8. The molecule has 1 aliphatic heterocycles. The fraction of sp³-hybridized carbons (Fsp3) is 0.208. The van der Waals surface area contributed by atoms with E-state index in [1.165, 1.54) is 12.1 Å². The van der Waals surface area contributed by atoms with Crippen LogP contribution in [0.15, 0.2) is 41.2 Å². The Morgan fingerprint density at radius 2 is 2.09 bits per heavy atom. The summed E-state index contributed by atoms with van der Waals surface area (Å²) in [5.74, 6) is -0.819. The zero-order chi connectivity index (χ0) is 24.0. The van der Waals surface area contributed by atoms with Crippen LogP contribution in [0.5, 0.6) is 0 Å². The van der Waals surface area contributed by atoms with Crippen LogP contribution in [0.25, 0.3) is 28.0 Å². The number of aromatic nitrogens is 4. The van der Waals surface area contributed by atoms with Gasteiger partial charge in [-0.1, -0.05) is 12.1 Å². The van der Waals surface area contributed by atoms with Gasteiger partial charge in [0.15, 0.2) is 5.82 Å². The first-order valence-electron chi connectivity index (χ1n) is 10.7. The lowest BCUT2D eigenvalue weighted by Crippen LogP contribution is -2.39. The number of hydrogen-bond acceptors (Lipinski definition) is 6. The second-order valence-corrected chi connectivity index (χ2v) is 8.22. The lowest BCUT2D eigenvalue weighted by Gasteiger charge is -2.28. The number of nitrogens with one attached hydrogen (secondary N) is 1. The van der Waals surface area contributed by atoms with Crippen molar-refractivity contribution in [1.29, 1.82) is 5.26 Å². The maximum Gasteiger partial charge on any atom is 0.273 e. The van der Waals surface area contributed by atoms with Crippen molar-refractivity contribution in [3.05, 3.63) is 74.8 Å². The number of nitrogens with zero attached hydrogens (tertiary/aromatic N) is 5. The number of carbonyl (C=O) groups excluding carboxylic acids is 1. The SMILES string of the molecule is Cc1cc(C#N)cc(F)c1-n1nc2c(-c3ccc4c(c3)CN(C(=O)CN)CC4)n[nH]c2cc1=O. The Kier molecular flexibility index (Phi) is 5.18. The van der Waals surface area contributed by atoms with Gasteiger partial charge in [0.05, 0.1) is 23.7 Å². The van der Waals surface area contributed by atoms with Crippen LogP contribution in [-0.2, 0) is 17.8 Å². The Morgan fingerprint density at radius 1 is 1.26 bits per heavy atom. The van der Waals surface area contributed by atoms with Gasteiger partial charge in [-0.25, -0.2) is 4.39 Å². The standard InChI is InChI=1S/C24H20FN7O2/c1-13-6-14(10-26)7-18(25)24(13)32-20(33)9-19-23(30-32)22(29-28-19)16-3-2-15-4-5-31(21(34)11-27)12-17(15)8-16/h2-3,6-9,28H,4-5,11-12,27H2,1H3. The maximum atomic E-state index is 14.8. The Labute approximate surface area is 193 Å². The van der Waals surface area contributed by atoms with Crippen LogP contribution >= 0.6 is 0 Å². The van der Waals surface area contributed by atoms with E-state index in [4.69, 9.17) is 11.0 Å². The number of H-pyrrole nitrogens is 1. The van der Waals surface area contributed by atoms with Crippen LogP contribution in [0.4, 0.5) is 4.39 Å². The van der Waals surface area contributed by atoms with Gasteiger partial charge < -0.3 is 10.6 Å². The number of fused-ring (bicyclic) bond motifs is 2. The van der Waals surface area contributed by atoms with Crippen LogP contribution in [0, 0.1) is 24.1 Å². The van der Waals surface area contributed by atoms with E-state index in [0.717, 1.165) is 33.9 Å². The molecule has 0 bridgehead atoms. The second-order valence-electron chi connectivity index (χ2n) is 8.22. The van der Waals surface area contributed by atoms with Crippen molar-refractivity contribution in [2.45, 2.75) is 19.9 Å². The Morgan fingerprint density at radius 3 is 2.82 bits per heavy atom. The van der Waals surface area contributed by atoms with Gasteiger partial charge in [-0.05, 0) is 48.2 Å². The summed E-state index contributed by atoms with van der Waals surface area (Å²) in [6, 6.07) is 11.7. The summed E-state index contributed by atoms with van der Waals surface area (Å²) in [6.45, 7) is 2.66. The van der Waals surface area contributed by atoms with Crippen LogP contribution in [0.1, 0.15) is 22.3 Å². The molecule has 4 aromatic rings. The van der Waals surface area contributed by atoms with E-state index >= 15 is 0 Å². The smallest absolute Gasteiger partial charge is 0.273 e. The number of nitriles is 1. The van der Waals surface area contributed by atoms with E-state index in [1.807, 2.05) is 24.3 Å². The van der Waals surface area contributed by atoms with E-state index in [9.17, 15) is 14.0 Å². The molecule has 10 heteroatoms. The largest absolute Gasteiger partial charge is 0.337 e. The first-order valence-corrected chi connectivity index (χ1v) is 10.7. The zero-order valence-corrected chi connectivity index (χ0v) is 18.3. The molecule has 5 rings (SSSR count). The molecule has 1 aliphatic rings. The molecule has 34 heavy (non-hydrogen) atoms. The lowest BCUT2D eigenvalue weighted by molar-refractivity contribution is -0.130. The van der Waals surface area contributed by atoms with E-state index in [-0.39, 0.29) is 23.7 Å². The number of benzene rings is 2. The molecule has 0 fully saturated rings. The molecule has 9 nitrogen and oxygen atoms in total. The molecular formula is C24H20FN7O2. The van der Waals surface area contributed by atoms with Crippen molar-refractivity contribution >= 4 is 16.9 Å². The summed E-state index contributed by atoms with van der Waals surface area (Å²) < 4.78 is 15.8. The fourth-order valence-corrected chi connectivity index (χ4v) is 4.36. The third kappa shape index (κ3) is 3.52. The summed E-state index contributed by atoms with van der Waals surface area (Å²) in [5.41, 5.74) is 9.74. The van der Waals surface area contributed by atoms with Gasteiger partial charge in [-0.2, -0.15) is 20.1 Å². The molecule has 3 N–H and O–H groups in total. The fourth-order valence-electron chi connectivity index (χ4n) is 4.36. The van der Waals surface area contributed by atoms with Gasteiger partial charge in [-0.3, -0.25) is 14.7 Å². The second kappa shape index (κ2) is 8.20. The molecule has 0 spiro atoms. The molecule has 0 atom stereocenters. The Balaban J connectivity index is 1.62. The molecule has 1 amide bonds. The quantitative estimate of drug-likeness (QED) is 0.483. The monoisotopic (exact) mass is 457 g/mol. The van der Waals surface area contributed by atoms with E-state index < -0.39 is 11.4 Å². The highest BCUT2D eigenvalue weighted by Gasteiger charge is 2.22. The van der Waals surface area contributed by atoms with Gasteiger partial charge in [0, 0.05) is 24.7 Å². The average molecular weight is 457 g/mol. The van der Waals surface area contributed by atoms with Gasteiger partial charge in [0.25, 0.3) is 5.56 Å². The van der Waals surface area contributed by atoms with Crippen LogP contribution < -0.4 is 11.3 Å².